The standard InChI is InChI=1S/C22H18N4O/c23-13-18(21-10-11-24-25-21)12-22(27)26-14-17-8-4-5-9-19(17)20(15-26)16-6-2-1-3-7-16/h1-12,20H,14-15H2,(H,24,25)/b18-12-/t20-/m0/s1. The highest BCUT2D eigenvalue weighted by Crippen LogP contribution is 2.33. The number of allylic oxidation sites excluding steroid dienone is 1. The lowest BCUT2D eigenvalue weighted by Crippen LogP contribution is -2.37. The van der Waals surface area contributed by atoms with E-state index in [4.69, 9.17) is 0 Å². The normalized spacial score (nSPS) is 16.5. The van der Waals surface area contributed by atoms with Gasteiger partial charge in [-0.1, -0.05) is 54.6 Å². The first-order valence-electron chi connectivity index (χ1n) is 8.79. The van der Waals surface area contributed by atoms with Crippen molar-refractivity contribution in [3.63, 3.8) is 0 Å². The summed E-state index contributed by atoms with van der Waals surface area (Å²) in [6.07, 6.45) is 2.96. The van der Waals surface area contributed by atoms with Crippen LogP contribution in [-0.2, 0) is 11.3 Å². The summed E-state index contributed by atoms with van der Waals surface area (Å²) in [6.45, 7) is 1.12. The van der Waals surface area contributed by atoms with Crippen LogP contribution in [0.2, 0.25) is 0 Å². The van der Waals surface area contributed by atoms with Crippen molar-refractivity contribution >= 4 is 11.5 Å². The van der Waals surface area contributed by atoms with Gasteiger partial charge in [-0.05, 0) is 22.8 Å². The Labute approximate surface area is 157 Å². The van der Waals surface area contributed by atoms with Gasteiger partial charge in [0.15, 0.2) is 0 Å². The lowest BCUT2D eigenvalue weighted by molar-refractivity contribution is -0.127. The number of benzene rings is 2. The van der Waals surface area contributed by atoms with E-state index < -0.39 is 0 Å². The molecule has 0 aliphatic carbocycles. The molecular formula is C22H18N4O. The van der Waals surface area contributed by atoms with Crippen molar-refractivity contribution < 1.29 is 4.79 Å². The monoisotopic (exact) mass is 354 g/mol. The fraction of sp³-hybridized carbons (Fsp3) is 0.136. The second-order valence-electron chi connectivity index (χ2n) is 6.52. The van der Waals surface area contributed by atoms with Crippen LogP contribution in [0.25, 0.3) is 5.57 Å². The number of hydrogen-bond acceptors (Lipinski definition) is 3. The topological polar surface area (TPSA) is 72.8 Å². The Balaban J connectivity index is 1.67. The number of carbonyl (C=O) groups is 1. The Morgan fingerprint density at radius 2 is 1.93 bits per heavy atom. The number of amides is 1. The van der Waals surface area contributed by atoms with Crippen LogP contribution >= 0.6 is 0 Å². The van der Waals surface area contributed by atoms with Crippen molar-refractivity contribution in [2.24, 2.45) is 0 Å². The molecule has 3 aromatic rings. The molecule has 1 aromatic heterocycles. The third-order valence-corrected chi connectivity index (χ3v) is 4.89. The summed E-state index contributed by atoms with van der Waals surface area (Å²) in [5.41, 5.74) is 4.40. The fourth-order valence-corrected chi connectivity index (χ4v) is 3.54. The van der Waals surface area contributed by atoms with E-state index in [2.05, 4.69) is 40.5 Å². The maximum atomic E-state index is 12.9. The molecule has 1 aliphatic heterocycles. The summed E-state index contributed by atoms with van der Waals surface area (Å²) in [5, 5.41) is 16.0. The molecule has 1 amide bonds. The zero-order valence-electron chi connectivity index (χ0n) is 14.7. The summed E-state index contributed by atoms with van der Waals surface area (Å²) >= 11 is 0. The molecule has 0 saturated heterocycles. The van der Waals surface area contributed by atoms with Crippen LogP contribution in [0.4, 0.5) is 0 Å². The smallest absolute Gasteiger partial charge is 0.248 e. The first kappa shape index (κ1) is 16.8. The lowest BCUT2D eigenvalue weighted by atomic mass is 9.84. The number of hydrogen-bond donors (Lipinski definition) is 1. The SMILES string of the molecule is N#C/C(=C/C(=O)N1Cc2ccccc2[C@H](c2ccccc2)C1)c1ccn[nH]1. The summed E-state index contributed by atoms with van der Waals surface area (Å²) in [6, 6.07) is 22.2. The van der Waals surface area contributed by atoms with Crippen LogP contribution in [0, 0.1) is 11.3 Å². The number of aromatic nitrogens is 2. The predicted molar refractivity (Wildman–Crippen MR) is 102 cm³/mol. The van der Waals surface area contributed by atoms with Crippen molar-refractivity contribution in [1.29, 1.82) is 5.26 Å². The molecule has 0 bridgehead atoms. The van der Waals surface area contributed by atoms with Crippen LogP contribution in [0.15, 0.2) is 72.9 Å². The second-order valence-corrected chi connectivity index (χ2v) is 6.52. The molecule has 5 nitrogen and oxygen atoms in total. The Morgan fingerprint density at radius 3 is 2.67 bits per heavy atom. The number of aromatic amines is 1. The summed E-state index contributed by atoms with van der Waals surface area (Å²) in [5.74, 6) is -0.0530. The van der Waals surface area contributed by atoms with E-state index in [1.165, 1.54) is 17.2 Å². The molecule has 0 fully saturated rings. The van der Waals surface area contributed by atoms with Crippen LogP contribution in [-0.4, -0.2) is 27.5 Å². The molecule has 1 atom stereocenters. The number of nitrogens with zero attached hydrogens (tertiary/aromatic N) is 3. The third-order valence-electron chi connectivity index (χ3n) is 4.89. The van der Waals surface area contributed by atoms with Gasteiger partial charge in [-0.15, -0.1) is 0 Å². The second kappa shape index (κ2) is 7.30. The first-order chi connectivity index (χ1) is 13.3. The van der Waals surface area contributed by atoms with Crippen molar-refractivity contribution in [3.8, 4) is 6.07 Å². The molecular weight excluding hydrogens is 336 g/mol. The largest absolute Gasteiger partial charge is 0.334 e. The Bertz CT molecular complexity index is 1020. The van der Waals surface area contributed by atoms with E-state index in [0.29, 0.717) is 18.8 Å². The van der Waals surface area contributed by atoms with Crippen LogP contribution < -0.4 is 0 Å². The number of rotatable bonds is 3. The average molecular weight is 354 g/mol. The summed E-state index contributed by atoms with van der Waals surface area (Å²) < 4.78 is 0. The van der Waals surface area contributed by atoms with Crippen LogP contribution in [0.5, 0.6) is 0 Å². The summed E-state index contributed by atoms with van der Waals surface area (Å²) in [7, 11) is 0. The van der Waals surface area contributed by atoms with E-state index in [1.54, 1.807) is 17.2 Å². The number of fused-ring (bicyclic) bond motifs is 1. The fourth-order valence-electron chi connectivity index (χ4n) is 3.54. The highest BCUT2D eigenvalue weighted by Gasteiger charge is 2.28. The van der Waals surface area contributed by atoms with Gasteiger partial charge in [0, 0.05) is 31.3 Å². The predicted octanol–water partition coefficient (Wildman–Crippen LogP) is 3.49. The van der Waals surface area contributed by atoms with Gasteiger partial charge < -0.3 is 4.90 Å². The highest BCUT2D eigenvalue weighted by molar-refractivity contribution is 5.98. The zero-order chi connectivity index (χ0) is 18.6. The number of H-pyrrole nitrogens is 1. The molecule has 132 valence electrons. The maximum absolute atomic E-state index is 12.9. The van der Waals surface area contributed by atoms with E-state index in [9.17, 15) is 10.1 Å². The van der Waals surface area contributed by atoms with E-state index in [-0.39, 0.29) is 17.4 Å². The number of nitriles is 1. The Hall–Kier alpha value is -3.65. The molecule has 0 spiro atoms. The van der Waals surface area contributed by atoms with Gasteiger partial charge in [-0.2, -0.15) is 10.4 Å². The van der Waals surface area contributed by atoms with Gasteiger partial charge in [0.1, 0.15) is 6.07 Å². The number of nitrogens with one attached hydrogen (secondary N) is 1. The Kier molecular flexibility index (Phi) is 4.54. The van der Waals surface area contributed by atoms with Gasteiger partial charge >= 0.3 is 0 Å². The van der Waals surface area contributed by atoms with Crippen molar-refractivity contribution in [1.82, 2.24) is 15.1 Å². The molecule has 0 radical (unpaired) electrons. The van der Waals surface area contributed by atoms with Gasteiger partial charge in [-0.25, -0.2) is 0 Å². The molecule has 27 heavy (non-hydrogen) atoms. The quantitative estimate of drug-likeness (QED) is 0.578. The minimum Gasteiger partial charge on any atom is -0.334 e. The molecule has 0 saturated carbocycles. The van der Waals surface area contributed by atoms with Gasteiger partial charge in [0.05, 0.1) is 11.3 Å². The zero-order valence-corrected chi connectivity index (χ0v) is 14.7. The van der Waals surface area contributed by atoms with Crippen LogP contribution in [0.3, 0.4) is 0 Å². The average Bonchev–Trinajstić information content (AvgIpc) is 3.26. The Morgan fingerprint density at radius 1 is 1.15 bits per heavy atom. The molecule has 2 aromatic carbocycles. The first-order valence-corrected chi connectivity index (χ1v) is 8.79. The molecule has 0 unspecified atom stereocenters. The molecule has 4 rings (SSSR count). The minimum atomic E-state index is -0.170. The van der Waals surface area contributed by atoms with Gasteiger partial charge in [0.25, 0.3) is 0 Å². The third kappa shape index (κ3) is 3.38. The molecule has 1 N–H and O–H groups in total. The highest BCUT2D eigenvalue weighted by atomic mass is 16.2. The van der Waals surface area contributed by atoms with Crippen LogP contribution in [0.1, 0.15) is 28.3 Å². The van der Waals surface area contributed by atoms with Crippen molar-refractivity contribution in [3.05, 3.63) is 95.3 Å². The van der Waals surface area contributed by atoms with E-state index >= 15 is 0 Å². The van der Waals surface area contributed by atoms with Gasteiger partial charge in [0.2, 0.25) is 5.91 Å². The number of carbonyl (C=O) groups excluding carboxylic acids is 1. The van der Waals surface area contributed by atoms with Crippen molar-refractivity contribution in [2.75, 3.05) is 6.54 Å². The summed E-state index contributed by atoms with van der Waals surface area (Å²) in [4.78, 5) is 14.7. The minimum absolute atomic E-state index is 0.117. The lowest BCUT2D eigenvalue weighted by Gasteiger charge is -2.34. The van der Waals surface area contributed by atoms with Crippen molar-refractivity contribution in [2.45, 2.75) is 12.5 Å². The molecule has 1 aliphatic rings. The van der Waals surface area contributed by atoms with Gasteiger partial charge in [-0.3, -0.25) is 9.89 Å². The van der Waals surface area contributed by atoms with E-state index in [0.717, 1.165) is 5.56 Å². The molecule has 5 heteroatoms. The maximum Gasteiger partial charge on any atom is 0.248 e. The molecule has 2 heterocycles. The van der Waals surface area contributed by atoms with E-state index in [1.807, 2.05) is 30.3 Å².